The van der Waals surface area contributed by atoms with Crippen molar-refractivity contribution in [3.63, 3.8) is 0 Å². The van der Waals surface area contributed by atoms with Crippen LogP contribution in [0.1, 0.15) is 0 Å². The number of nitrogens with zero attached hydrogens (tertiary/aromatic N) is 2. The van der Waals surface area contributed by atoms with Crippen molar-refractivity contribution >= 4 is 0 Å². The van der Waals surface area contributed by atoms with E-state index < -0.39 is 0 Å². The average molecular weight is 401 g/mol. The van der Waals surface area contributed by atoms with Crippen LogP contribution in [-0.4, -0.2) is 4.98 Å². The Morgan fingerprint density at radius 2 is 1.88 bits per heavy atom. The second-order valence-corrected chi connectivity index (χ2v) is 3.45. The molecule has 0 aliphatic carbocycles. The van der Waals surface area contributed by atoms with Gasteiger partial charge >= 0.3 is 0 Å². The van der Waals surface area contributed by atoms with Crippen molar-refractivity contribution in [3.05, 3.63) is 55.3 Å². The van der Waals surface area contributed by atoms with Gasteiger partial charge < -0.3 is 9.40 Å². The minimum Gasteiger partial charge on any atom is -0.662 e. The van der Waals surface area contributed by atoms with Crippen LogP contribution >= 0.6 is 0 Å². The zero-order chi connectivity index (χ0) is 10.8. The summed E-state index contributed by atoms with van der Waals surface area (Å²) in [5, 5.41) is 0. The summed E-state index contributed by atoms with van der Waals surface area (Å²) in [5.74, 6) is 0. The Labute approximate surface area is 112 Å². The van der Waals surface area contributed by atoms with Crippen molar-refractivity contribution in [3.8, 4) is 22.5 Å². The van der Waals surface area contributed by atoms with Gasteiger partial charge in [-0.25, -0.2) is 4.98 Å². The van der Waals surface area contributed by atoms with E-state index in [0.717, 1.165) is 22.5 Å². The van der Waals surface area contributed by atoms with E-state index in [1.54, 1.807) is 12.5 Å². The molecule has 0 saturated carbocycles. The van der Waals surface area contributed by atoms with Crippen LogP contribution in [0.15, 0.2) is 59.7 Å². The largest absolute Gasteiger partial charge is 0.662 e. The number of hydrogen-bond acceptors (Lipinski definition) is 2. The zero-order valence-electron chi connectivity index (χ0n) is 8.83. The molecular weight excluding hydrogens is 392 g/mol. The van der Waals surface area contributed by atoms with Gasteiger partial charge in [-0.15, -0.1) is 0 Å². The number of oxazole rings is 1. The summed E-state index contributed by atoms with van der Waals surface area (Å²) in [5.41, 5.74) is 3.84. The van der Waals surface area contributed by atoms with Gasteiger partial charge in [0.25, 0.3) is 0 Å². The van der Waals surface area contributed by atoms with Gasteiger partial charge in [0.1, 0.15) is 6.26 Å². The molecule has 3 rings (SSSR count). The third-order valence-corrected chi connectivity index (χ3v) is 2.46. The maximum atomic E-state index is 4.98. The van der Waals surface area contributed by atoms with Gasteiger partial charge in [0.15, 0.2) is 6.39 Å². The first-order valence-electron chi connectivity index (χ1n) is 5.01. The summed E-state index contributed by atoms with van der Waals surface area (Å²) in [6, 6.07) is 12.1. The maximum absolute atomic E-state index is 4.98. The first kappa shape index (κ1) is 11.8. The van der Waals surface area contributed by atoms with Crippen molar-refractivity contribution in [2.75, 3.05) is 0 Å². The normalized spacial score (nSPS) is 9.88. The van der Waals surface area contributed by atoms with E-state index in [9.17, 15) is 0 Å². The molecule has 1 radical (unpaired) electrons. The van der Waals surface area contributed by atoms with Gasteiger partial charge in [-0.2, -0.15) is 6.20 Å². The van der Waals surface area contributed by atoms with Crippen LogP contribution in [0.2, 0.25) is 0 Å². The number of hydrogen-bond donors (Lipinski definition) is 0. The molecule has 4 heteroatoms. The fraction of sp³-hybridized carbons (Fsp3) is 0. The molecule has 1 aromatic carbocycles. The van der Waals surface area contributed by atoms with Crippen molar-refractivity contribution in [2.45, 2.75) is 0 Å². The number of aromatic nitrogens is 2. The minimum atomic E-state index is 0. The van der Waals surface area contributed by atoms with E-state index in [1.807, 2.05) is 24.3 Å². The second-order valence-electron chi connectivity index (χ2n) is 3.45. The van der Waals surface area contributed by atoms with Crippen LogP contribution in [-0.2, 0) is 20.1 Å². The van der Waals surface area contributed by atoms with Crippen molar-refractivity contribution in [1.82, 2.24) is 9.97 Å². The fourth-order valence-corrected chi connectivity index (χ4v) is 1.72. The van der Waals surface area contributed by atoms with Crippen molar-refractivity contribution in [1.29, 1.82) is 0 Å². The van der Waals surface area contributed by atoms with Crippen LogP contribution in [0.5, 0.6) is 0 Å². The predicted molar refractivity (Wildman–Crippen MR) is 60.7 cm³/mol. The van der Waals surface area contributed by atoms with Gasteiger partial charge in [0, 0.05) is 20.1 Å². The van der Waals surface area contributed by atoms with E-state index in [1.165, 1.54) is 6.39 Å². The topological polar surface area (TPSA) is 40.1 Å². The zero-order valence-corrected chi connectivity index (χ0v) is 11.2. The quantitative estimate of drug-likeness (QED) is 0.663. The average Bonchev–Trinajstić information content (AvgIpc) is 3.01. The van der Waals surface area contributed by atoms with Crippen LogP contribution in [0.4, 0.5) is 0 Å². The molecule has 0 N–H and O–H groups in total. The summed E-state index contributed by atoms with van der Waals surface area (Å²) in [6.07, 6.45) is 4.81. The molecular formula is C13H9IrN2O-. The predicted octanol–water partition coefficient (Wildman–Crippen LogP) is 2.96. The first-order chi connectivity index (χ1) is 7.95. The molecule has 0 bridgehead atoms. The Balaban J connectivity index is 0.00000108. The van der Waals surface area contributed by atoms with E-state index in [2.05, 4.69) is 22.1 Å². The van der Waals surface area contributed by atoms with E-state index >= 15 is 0 Å². The van der Waals surface area contributed by atoms with Gasteiger partial charge in [-0.3, -0.25) is 0 Å². The Kier molecular flexibility index (Phi) is 3.57. The molecule has 0 aliphatic heterocycles. The smallest absolute Gasteiger partial charge is 0.180 e. The summed E-state index contributed by atoms with van der Waals surface area (Å²) in [6.45, 7) is 0. The Morgan fingerprint density at radius 1 is 1.06 bits per heavy atom. The fourth-order valence-electron chi connectivity index (χ4n) is 1.72. The van der Waals surface area contributed by atoms with Gasteiger partial charge in [0.2, 0.25) is 0 Å². The molecule has 0 aliphatic rings. The Hall–Kier alpha value is -1.64. The SMILES string of the molecule is [Ir].c1ccc(-c2cc[n-]c2-c2cocn2)cc1. The molecule has 0 unspecified atom stereocenters. The molecule has 0 spiro atoms. The maximum Gasteiger partial charge on any atom is 0.180 e. The summed E-state index contributed by atoms with van der Waals surface area (Å²) in [7, 11) is 0. The molecule has 87 valence electrons. The molecule has 3 aromatic rings. The van der Waals surface area contributed by atoms with Crippen molar-refractivity contribution in [2.24, 2.45) is 0 Å². The van der Waals surface area contributed by atoms with Gasteiger partial charge in [-0.05, 0) is 11.1 Å². The minimum absolute atomic E-state index is 0. The van der Waals surface area contributed by atoms with Gasteiger partial charge in [0.05, 0.1) is 5.69 Å². The standard InChI is InChI=1S/C13H9N2O.Ir/c1-2-4-10(5-3-1)11-6-7-14-13(11)12-8-16-9-15-12;/h1-9H;/q-1;. The van der Waals surface area contributed by atoms with E-state index in [0.29, 0.717) is 0 Å². The second kappa shape index (κ2) is 5.13. The van der Waals surface area contributed by atoms with Crippen LogP contribution < -0.4 is 4.98 Å². The number of benzene rings is 1. The molecule has 0 saturated heterocycles. The summed E-state index contributed by atoms with van der Waals surface area (Å²) < 4.78 is 4.98. The molecule has 2 aromatic heterocycles. The van der Waals surface area contributed by atoms with Crippen LogP contribution in [0, 0.1) is 0 Å². The first-order valence-corrected chi connectivity index (χ1v) is 5.01. The third kappa shape index (κ3) is 2.23. The van der Waals surface area contributed by atoms with Gasteiger partial charge in [-0.1, -0.05) is 42.1 Å². The molecule has 0 atom stereocenters. The molecule has 0 fully saturated rings. The monoisotopic (exact) mass is 402 g/mol. The number of rotatable bonds is 2. The van der Waals surface area contributed by atoms with Crippen molar-refractivity contribution < 1.29 is 24.5 Å². The Bertz CT molecular complexity index is 573. The Morgan fingerprint density at radius 3 is 2.59 bits per heavy atom. The summed E-state index contributed by atoms with van der Waals surface area (Å²) >= 11 is 0. The van der Waals surface area contributed by atoms with Crippen LogP contribution in [0.25, 0.3) is 22.5 Å². The third-order valence-electron chi connectivity index (χ3n) is 2.46. The summed E-state index contributed by atoms with van der Waals surface area (Å²) in [4.78, 5) is 8.43. The molecule has 3 nitrogen and oxygen atoms in total. The molecule has 17 heavy (non-hydrogen) atoms. The van der Waals surface area contributed by atoms with E-state index in [-0.39, 0.29) is 20.1 Å². The van der Waals surface area contributed by atoms with Crippen LogP contribution in [0.3, 0.4) is 0 Å². The molecule has 0 amide bonds. The van der Waals surface area contributed by atoms with E-state index in [4.69, 9.17) is 4.42 Å². The molecule has 2 heterocycles.